The number of hydrogen-bond acceptors (Lipinski definition) is 4. The highest BCUT2D eigenvalue weighted by Crippen LogP contribution is 2.06. The molecule has 2 N–H and O–H groups in total. The largest absolute Gasteiger partial charge is 0.399 e. The number of aromatic nitrogens is 3. The number of hydrogen-bond donors (Lipinski definition) is 1. The van der Waals surface area contributed by atoms with E-state index in [4.69, 9.17) is 11.0 Å². The highest BCUT2D eigenvalue weighted by molar-refractivity contribution is 5.37. The predicted molar refractivity (Wildman–Crippen MR) is 54.7 cm³/mol. The Hall–Kier alpha value is -2.35. The van der Waals surface area contributed by atoms with Crippen molar-refractivity contribution in [3.8, 4) is 6.07 Å². The number of anilines is 1. The molecule has 0 bridgehead atoms. The fourth-order valence-electron chi connectivity index (χ4n) is 1.31. The number of imidazole rings is 1. The molecule has 2 rings (SSSR count). The van der Waals surface area contributed by atoms with Crippen LogP contribution in [0.4, 0.5) is 5.69 Å². The molecule has 2 aromatic rings. The summed E-state index contributed by atoms with van der Waals surface area (Å²) in [5.41, 5.74) is 7.10. The van der Waals surface area contributed by atoms with E-state index < -0.39 is 0 Å². The van der Waals surface area contributed by atoms with Gasteiger partial charge >= 0.3 is 0 Å². The predicted octanol–water partition coefficient (Wildman–Crippen LogP) is 0.780. The lowest BCUT2D eigenvalue weighted by Gasteiger charge is -2.03. The molecule has 0 aliphatic rings. The van der Waals surface area contributed by atoms with Crippen LogP contribution in [0.1, 0.15) is 11.5 Å². The summed E-state index contributed by atoms with van der Waals surface area (Å²) in [4.78, 5) is 8.05. The number of pyridine rings is 1. The summed E-state index contributed by atoms with van der Waals surface area (Å²) in [7, 11) is 0. The van der Waals surface area contributed by atoms with Gasteiger partial charge in [-0.2, -0.15) is 5.26 Å². The van der Waals surface area contributed by atoms with Crippen molar-refractivity contribution < 1.29 is 0 Å². The minimum absolute atomic E-state index is 0.374. The summed E-state index contributed by atoms with van der Waals surface area (Å²) in [5.74, 6) is 0.374. The van der Waals surface area contributed by atoms with Crippen LogP contribution in [0.15, 0.2) is 30.7 Å². The monoisotopic (exact) mass is 199 g/mol. The zero-order valence-electron chi connectivity index (χ0n) is 7.96. The molecule has 0 fully saturated rings. The molecule has 0 aliphatic carbocycles. The van der Waals surface area contributed by atoms with Gasteiger partial charge in [-0.25, -0.2) is 4.98 Å². The smallest absolute Gasteiger partial charge is 0.213 e. The highest BCUT2D eigenvalue weighted by Gasteiger charge is 2.02. The Morgan fingerprint density at radius 2 is 2.27 bits per heavy atom. The van der Waals surface area contributed by atoms with Gasteiger partial charge in [-0.1, -0.05) is 0 Å². The van der Waals surface area contributed by atoms with Gasteiger partial charge in [0, 0.05) is 24.3 Å². The van der Waals surface area contributed by atoms with Gasteiger partial charge in [0.1, 0.15) is 6.07 Å². The Morgan fingerprint density at radius 3 is 3.00 bits per heavy atom. The van der Waals surface area contributed by atoms with E-state index in [1.54, 1.807) is 35.3 Å². The van der Waals surface area contributed by atoms with E-state index in [9.17, 15) is 0 Å². The van der Waals surface area contributed by atoms with E-state index in [0.717, 1.165) is 5.69 Å². The van der Waals surface area contributed by atoms with Crippen molar-refractivity contribution in [2.24, 2.45) is 0 Å². The number of nitriles is 1. The van der Waals surface area contributed by atoms with E-state index in [1.807, 2.05) is 6.07 Å². The summed E-state index contributed by atoms with van der Waals surface area (Å²) >= 11 is 0. The topological polar surface area (TPSA) is 80.5 Å². The van der Waals surface area contributed by atoms with Gasteiger partial charge in [-0.3, -0.25) is 4.98 Å². The van der Waals surface area contributed by atoms with Crippen LogP contribution in [0.3, 0.4) is 0 Å². The first-order chi connectivity index (χ1) is 7.29. The maximum absolute atomic E-state index is 8.76. The van der Waals surface area contributed by atoms with Gasteiger partial charge in [0.05, 0.1) is 12.2 Å². The van der Waals surface area contributed by atoms with E-state index in [-0.39, 0.29) is 0 Å². The zero-order valence-corrected chi connectivity index (χ0v) is 7.96. The van der Waals surface area contributed by atoms with Crippen molar-refractivity contribution in [3.05, 3.63) is 42.2 Å². The molecule has 0 atom stereocenters. The van der Waals surface area contributed by atoms with E-state index in [2.05, 4.69) is 9.97 Å². The molecule has 0 saturated heterocycles. The van der Waals surface area contributed by atoms with Crippen LogP contribution in [0.2, 0.25) is 0 Å². The second-order valence-electron chi connectivity index (χ2n) is 3.07. The second-order valence-corrected chi connectivity index (χ2v) is 3.07. The summed E-state index contributed by atoms with van der Waals surface area (Å²) in [5, 5.41) is 8.76. The molecule has 0 aromatic carbocycles. The van der Waals surface area contributed by atoms with Crippen molar-refractivity contribution in [1.29, 1.82) is 5.26 Å². The second kappa shape index (κ2) is 3.80. The molecular formula is C10H9N5. The Bertz CT molecular complexity index is 509. The third kappa shape index (κ3) is 1.94. The molecule has 74 valence electrons. The standard InChI is InChI=1S/C10H9N5/c11-6-10-14-3-4-15(10)7-9-5-8(12)1-2-13-9/h1-5H,7H2,(H2,12,13). The lowest BCUT2D eigenvalue weighted by atomic mass is 10.3. The van der Waals surface area contributed by atoms with Crippen LogP contribution in [-0.2, 0) is 6.54 Å². The molecule has 0 spiro atoms. The lowest BCUT2D eigenvalue weighted by Crippen LogP contribution is -2.03. The average molecular weight is 199 g/mol. The number of nitrogens with zero attached hydrogens (tertiary/aromatic N) is 4. The Morgan fingerprint density at radius 1 is 1.40 bits per heavy atom. The van der Waals surface area contributed by atoms with Crippen molar-refractivity contribution in [3.63, 3.8) is 0 Å². The van der Waals surface area contributed by atoms with Gasteiger partial charge < -0.3 is 10.3 Å². The van der Waals surface area contributed by atoms with Gasteiger partial charge in [-0.05, 0) is 12.1 Å². The average Bonchev–Trinajstić information content (AvgIpc) is 2.65. The normalized spacial score (nSPS) is 9.80. The number of nitrogen functional groups attached to an aromatic ring is 1. The SMILES string of the molecule is N#Cc1nccn1Cc1cc(N)ccn1. The first-order valence-electron chi connectivity index (χ1n) is 4.41. The minimum Gasteiger partial charge on any atom is -0.399 e. The van der Waals surface area contributed by atoms with Gasteiger partial charge in [0.15, 0.2) is 0 Å². The quantitative estimate of drug-likeness (QED) is 0.775. The Balaban J connectivity index is 2.26. The van der Waals surface area contributed by atoms with Crippen LogP contribution in [0, 0.1) is 11.3 Å². The molecule has 5 heteroatoms. The maximum atomic E-state index is 8.76. The molecule has 15 heavy (non-hydrogen) atoms. The van der Waals surface area contributed by atoms with Crippen molar-refractivity contribution in [1.82, 2.24) is 14.5 Å². The van der Waals surface area contributed by atoms with Crippen LogP contribution < -0.4 is 5.73 Å². The van der Waals surface area contributed by atoms with Crippen LogP contribution >= 0.6 is 0 Å². The lowest BCUT2D eigenvalue weighted by molar-refractivity contribution is 0.760. The molecule has 0 saturated carbocycles. The molecule has 5 nitrogen and oxygen atoms in total. The molecule has 0 aliphatic heterocycles. The summed E-state index contributed by atoms with van der Waals surface area (Å²) in [6.45, 7) is 0.508. The molecule has 0 radical (unpaired) electrons. The van der Waals surface area contributed by atoms with Gasteiger partial charge in [-0.15, -0.1) is 0 Å². The number of rotatable bonds is 2. The summed E-state index contributed by atoms with van der Waals surface area (Å²) in [6.07, 6.45) is 4.97. The first-order valence-corrected chi connectivity index (χ1v) is 4.41. The van der Waals surface area contributed by atoms with Gasteiger partial charge in [0.25, 0.3) is 0 Å². The third-order valence-electron chi connectivity index (χ3n) is 1.99. The minimum atomic E-state index is 0.374. The van der Waals surface area contributed by atoms with Crippen LogP contribution in [0.25, 0.3) is 0 Å². The molecule has 0 amide bonds. The summed E-state index contributed by atoms with van der Waals surface area (Å²) in [6, 6.07) is 5.51. The Labute approximate surface area is 86.8 Å². The van der Waals surface area contributed by atoms with Crippen LogP contribution in [-0.4, -0.2) is 14.5 Å². The molecule has 0 unspecified atom stereocenters. The van der Waals surface area contributed by atoms with E-state index in [0.29, 0.717) is 18.1 Å². The first kappa shape index (κ1) is 9.21. The van der Waals surface area contributed by atoms with Crippen molar-refractivity contribution in [2.45, 2.75) is 6.54 Å². The molecule has 2 heterocycles. The van der Waals surface area contributed by atoms with Crippen LogP contribution in [0.5, 0.6) is 0 Å². The zero-order chi connectivity index (χ0) is 10.7. The van der Waals surface area contributed by atoms with Crippen molar-refractivity contribution >= 4 is 5.69 Å². The maximum Gasteiger partial charge on any atom is 0.213 e. The van der Waals surface area contributed by atoms with Gasteiger partial charge in [0.2, 0.25) is 5.82 Å². The Kier molecular flexibility index (Phi) is 2.33. The molecule has 2 aromatic heterocycles. The van der Waals surface area contributed by atoms with Crippen molar-refractivity contribution in [2.75, 3.05) is 5.73 Å². The number of nitrogens with two attached hydrogens (primary N) is 1. The third-order valence-corrected chi connectivity index (χ3v) is 1.99. The summed E-state index contributed by atoms with van der Waals surface area (Å²) < 4.78 is 1.72. The van der Waals surface area contributed by atoms with E-state index in [1.165, 1.54) is 0 Å². The fraction of sp³-hybridized carbons (Fsp3) is 0.100. The molecular weight excluding hydrogens is 190 g/mol. The fourth-order valence-corrected chi connectivity index (χ4v) is 1.31. The highest BCUT2D eigenvalue weighted by atomic mass is 15.1. The van der Waals surface area contributed by atoms with E-state index >= 15 is 0 Å².